The van der Waals surface area contributed by atoms with Gasteiger partial charge in [0.15, 0.2) is 0 Å². The summed E-state index contributed by atoms with van der Waals surface area (Å²) in [5, 5.41) is 0. The monoisotopic (exact) mass is 205 g/mol. The standard InChI is InChI=1S/C11H24ClN/c1-4-13(11(2)3)10-8-6-5-7-9-12/h11H,4-10H2,1-3H3. The molecule has 0 radical (unpaired) electrons. The van der Waals surface area contributed by atoms with Crippen molar-refractivity contribution >= 4 is 11.6 Å². The fraction of sp³-hybridized carbons (Fsp3) is 1.00. The molecule has 0 aliphatic heterocycles. The first kappa shape index (κ1) is 13.2. The number of rotatable bonds is 8. The van der Waals surface area contributed by atoms with E-state index in [0.29, 0.717) is 6.04 Å². The average Bonchev–Trinajstić information content (AvgIpc) is 2.10. The molecular weight excluding hydrogens is 182 g/mol. The number of nitrogens with zero attached hydrogens (tertiary/aromatic N) is 1. The second-order valence-corrected chi connectivity index (χ2v) is 4.20. The number of alkyl halides is 1. The largest absolute Gasteiger partial charge is 0.301 e. The zero-order chi connectivity index (χ0) is 10.1. The summed E-state index contributed by atoms with van der Waals surface area (Å²) in [6.45, 7) is 9.19. The third-order valence-electron chi connectivity index (χ3n) is 2.47. The van der Waals surface area contributed by atoms with Gasteiger partial charge in [-0.2, -0.15) is 0 Å². The van der Waals surface area contributed by atoms with Crippen molar-refractivity contribution in [3.63, 3.8) is 0 Å². The Balaban J connectivity index is 3.28. The van der Waals surface area contributed by atoms with Gasteiger partial charge in [-0.15, -0.1) is 11.6 Å². The summed E-state index contributed by atoms with van der Waals surface area (Å²) in [5.74, 6) is 0.821. The van der Waals surface area contributed by atoms with Crippen LogP contribution in [0, 0.1) is 0 Å². The van der Waals surface area contributed by atoms with Crippen molar-refractivity contribution in [3.05, 3.63) is 0 Å². The van der Waals surface area contributed by atoms with Crippen molar-refractivity contribution < 1.29 is 0 Å². The van der Waals surface area contributed by atoms with Crippen molar-refractivity contribution in [2.75, 3.05) is 19.0 Å². The summed E-state index contributed by atoms with van der Waals surface area (Å²) in [7, 11) is 0. The molecule has 0 N–H and O–H groups in total. The van der Waals surface area contributed by atoms with Gasteiger partial charge < -0.3 is 4.90 Å². The van der Waals surface area contributed by atoms with E-state index in [-0.39, 0.29) is 0 Å². The Bertz CT molecular complexity index is 104. The van der Waals surface area contributed by atoms with Crippen LogP contribution in [0.1, 0.15) is 46.5 Å². The zero-order valence-electron chi connectivity index (χ0n) is 9.35. The van der Waals surface area contributed by atoms with E-state index in [4.69, 9.17) is 11.6 Å². The van der Waals surface area contributed by atoms with E-state index in [0.717, 1.165) is 5.88 Å². The fourth-order valence-corrected chi connectivity index (χ4v) is 1.73. The number of unbranched alkanes of at least 4 members (excludes halogenated alkanes) is 3. The van der Waals surface area contributed by atoms with Crippen molar-refractivity contribution in [3.8, 4) is 0 Å². The molecule has 0 fully saturated rings. The summed E-state index contributed by atoms with van der Waals surface area (Å²) in [4.78, 5) is 2.51. The Labute approximate surface area is 88.5 Å². The van der Waals surface area contributed by atoms with Crippen molar-refractivity contribution in [1.29, 1.82) is 0 Å². The van der Waals surface area contributed by atoms with Gasteiger partial charge in [0.25, 0.3) is 0 Å². The van der Waals surface area contributed by atoms with Gasteiger partial charge in [0.05, 0.1) is 0 Å². The van der Waals surface area contributed by atoms with Gasteiger partial charge in [0, 0.05) is 11.9 Å². The van der Waals surface area contributed by atoms with E-state index in [9.17, 15) is 0 Å². The molecule has 0 saturated carbocycles. The Kier molecular flexibility index (Phi) is 9.00. The van der Waals surface area contributed by atoms with Crippen LogP contribution in [-0.4, -0.2) is 29.9 Å². The van der Waals surface area contributed by atoms with Crippen LogP contribution in [0.3, 0.4) is 0 Å². The van der Waals surface area contributed by atoms with Crippen LogP contribution in [0.2, 0.25) is 0 Å². The first-order chi connectivity index (χ1) is 6.22. The molecule has 0 atom stereocenters. The van der Waals surface area contributed by atoms with Crippen molar-refractivity contribution in [1.82, 2.24) is 4.90 Å². The Morgan fingerprint density at radius 2 is 1.69 bits per heavy atom. The molecule has 2 heteroatoms. The van der Waals surface area contributed by atoms with Gasteiger partial charge in [0.1, 0.15) is 0 Å². The van der Waals surface area contributed by atoms with Gasteiger partial charge in [0.2, 0.25) is 0 Å². The molecule has 0 amide bonds. The number of hydrogen-bond acceptors (Lipinski definition) is 1. The summed E-state index contributed by atoms with van der Waals surface area (Å²) >= 11 is 5.61. The molecular formula is C11H24ClN. The van der Waals surface area contributed by atoms with Crippen LogP contribution in [0.25, 0.3) is 0 Å². The van der Waals surface area contributed by atoms with E-state index < -0.39 is 0 Å². The Morgan fingerprint density at radius 3 is 2.15 bits per heavy atom. The molecule has 0 unspecified atom stereocenters. The van der Waals surface area contributed by atoms with Crippen LogP contribution >= 0.6 is 11.6 Å². The molecule has 0 aromatic carbocycles. The Hall–Kier alpha value is 0.250. The third kappa shape index (κ3) is 7.33. The third-order valence-corrected chi connectivity index (χ3v) is 2.73. The molecule has 0 aromatic rings. The molecule has 1 nitrogen and oxygen atoms in total. The molecule has 0 aliphatic carbocycles. The molecule has 0 saturated heterocycles. The Morgan fingerprint density at radius 1 is 1.08 bits per heavy atom. The molecule has 0 bridgehead atoms. The van der Waals surface area contributed by atoms with Gasteiger partial charge in [-0.3, -0.25) is 0 Å². The lowest BCUT2D eigenvalue weighted by Gasteiger charge is -2.24. The lowest BCUT2D eigenvalue weighted by molar-refractivity contribution is 0.228. The van der Waals surface area contributed by atoms with Crippen LogP contribution in [0.4, 0.5) is 0 Å². The van der Waals surface area contributed by atoms with E-state index in [1.54, 1.807) is 0 Å². The van der Waals surface area contributed by atoms with Crippen molar-refractivity contribution in [2.45, 2.75) is 52.5 Å². The second-order valence-electron chi connectivity index (χ2n) is 3.83. The summed E-state index contributed by atoms with van der Waals surface area (Å²) in [5.41, 5.74) is 0. The summed E-state index contributed by atoms with van der Waals surface area (Å²) < 4.78 is 0. The number of halogens is 1. The highest BCUT2D eigenvalue weighted by atomic mass is 35.5. The van der Waals surface area contributed by atoms with Gasteiger partial charge in [-0.25, -0.2) is 0 Å². The molecule has 0 rings (SSSR count). The van der Waals surface area contributed by atoms with Crippen LogP contribution in [0.5, 0.6) is 0 Å². The minimum Gasteiger partial charge on any atom is -0.301 e. The summed E-state index contributed by atoms with van der Waals surface area (Å²) in [6, 6.07) is 0.693. The molecule has 0 aromatic heterocycles. The molecule has 0 heterocycles. The van der Waals surface area contributed by atoms with Crippen LogP contribution in [0.15, 0.2) is 0 Å². The minimum absolute atomic E-state index is 0.693. The van der Waals surface area contributed by atoms with Crippen LogP contribution < -0.4 is 0 Å². The fourth-order valence-electron chi connectivity index (χ4n) is 1.54. The average molecular weight is 206 g/mol. The van der Waals surface area contributed by atoms with Gasteiger partial charge in [-0.05, 0) is 39.8 Å². The first-order valence-corrected chi connectivity index (χ1v) is 6.05. The normalized spacial score (nSPS) is 11.5. The lowest BCUT2D eigenvalue weighted by Crippen LogP contribution is -2.31. The maximum atomic E-state index is 5.61. The van der Waals surface area contributed by atoms with E-state index >= 15 is 0 Å². The highest BCUT2D eigenvalue weighted by molar-refractivity contribution is 6.17. The van der Waals surface area contributed by atoms with Gasteiger partial charge in [-0.1, -0.05) is 19.8 Å². The van der Waals surface area contributed by atoms with E-state index in [1.165, 1.54) is 38.8 Å². The maximum Gasteiger partial charge on any atom is 0.0223 e. The SMILES string of the molecule is CCN(CCCCCCCl)C(C)C. The number of hydrogen-bond donors (Lipinski definition) is 0. The molecule has 80 valence electrons. The van der Waals surface area contributed by atoms with E-state index in [1.807, 2.05) is 0 Å². The summed E-state index contributed by atoms with van der Waals surface area (Å²) in [6.07, 6.45) is 5.12. The van der Waals surface area contributed by atoms with Gasteiger partial charge >= 0.3 is 0 Å². The smallest absolute Gasteiger partial charge is 0.0223 e. The van der Waals surface area contributed by atoms with Crippen LogP contribution in [-0.2, 0) is 0 Å². The van der Waals surface area contributed by atoms with Crippen molar-refractivity contribution in [2.24, 2.45) is 0 Å². The zero-order valence-corrected chi connectivity index (χ0v) is 10.1. The topological polar surface area (TPSA) is 3.24 Å². The molecule has 13 heavy (non-hydrogen) atoms. The predicted molar refractivity (Wildman–Crippen MR) is 61.6 cm³/mol. The maximum absolute atomic E-state index is 5.61. The minimum atomic E-state index is 0.693. The highest BCUT2D eigenvalue weighted by Crippen LogP contribution is 2.05. The van der Waals surface area contributed by atoms with E-state index in [2.05, 4.69) is 25.7 Å². The predicted octanol–water partition coefficient (Wildman–Crippen LogP) is 3.52. The quantitative estimate of drug-likeness (QED) is 0.433. The second kappa shape index (κ2) is 8.83. The lowest BCUT2D eigenvalue weighted by atomic mass is 10.2. The molecule has 0 aliphatic rings. The first-order valence-electron chi connectivity index (χ1n) is 5.52. The molecule has 0 spiro atoms. The highest BCUT2D eigenvalue weighted by Gasteiger charge is 2.04.